The van der Waals surface area contributed by atoms with Crippen molar-refractivity contribution in [2.75, 3.05) is 11.9 Å². The summed E-state index contributed by atoms with van der Waals surface area (Å²) < 4.78 is 1.18. The first-order valence-electron chi connectivity index (χ1n) is 4.24. The van der Waals surface area contributed by atoms with Crippen molar-refractivity contribution in [3.05, 3.63) is 21.6 Å². The summed E-state index contributed by atoms with van der Waals surface area (Å²) in [6.07, 6.45) is 1.51. The highest BCUT2D eigenvalue weighted by atomic mass is 35.5. The molecule has 1 aromatic rings. The largest absolute Gasteiger partial charge is 0.379 e. The average Bonchev–Trinajstić information content (AvgIpc) is 2.19. The number of anilines is 1. The smallest absolute Gasteiger partial charge is 0.287 e. The van der Waals surface area contributed by atoms with Gasteiger partial charge in [-0.25, -0.2) is 4.68 Å². The summed E-state index contributed by atoms with van der Waals surface area (Å²) in [4.78, 5) is 11.4. The number of aromatic nitrogens is 2. The van der Waals surface area contributed by atoms with E-state index in [1.807, 2.05) is 6.92 Å². The highest BCUT2D eigenvalue weighted by Gasteiger charge is 2.08. The van der Waals surface area contributed by atoms with Crippen molar-refractivity contribution < 1.29 is 0 Å². The van der Waals surface area contributed by atoms with E-state index in [-0.39, 0.29) is 16.6 Å². The molecular formula is C8H13ClN4O. The highest BCUT2D eigenvalue weighted by molar-refractivity contribution is 6.32. The van der Waals surface area contributed by atoms with Gasteiger partial charge in [0.2, 0.25) is 0 Å². The minimum Gasteiger partial charge on any atom is -0.379 e. The molecule has 14 heavy (non-hydrogen) atoms. The Balaban J connectivity index is 3.00. The number of nitrogens with zero attached hydrogens (tertiary/aromatic N) is 2. The Bertz CT molecular complexity index is 376. The molecule has 0 amide bonds. The van der Waals surface area contributed by atoms with E-state index in [9.17, 15) is 4.79 Å². The van der Waals surface area contributed by atoms with Gasteiger partial charge < -0.3 is 11.1 Å². The summed E-state index contributed by atoms with van der Waals surface area (Å²) in [5.41, 5.74) is 5.63. The van der Waals surface area contributed by atoms with Crippen LogP contribution in [-0.2, 0) is 7.05 Å². The molecule has 1 atom stereocenters. The van der Waals surface area contributed by atoms with Crippen LogP contribution in [0.25, 0.3) is 0 Å². The predicted molar refractivity (Wildman–Crippen MR) is 56.6 cm³/mol. The Hall–Kier alpha value is -1.07. The summed E-state index contributed by atoms with van der Waals surface area (Å²) in [6, 6.07) is 0.0569. The third-order valence-corrected chi connectivity index (χ3v) is 2.20. The SMILES string of the molecule is CC(CN)Nc1cnn(C)c(=O)c1Cl. The second-order valence-corrected chi connectivity index (χ2v) is 3.46. The number of hydrogen-bond donors (Lipinski definition) is 2. The monoisotopic (exact) mass is 216 g/mol. The molecule has 5 nitrogen and oxygen atoms in total. The molecule has 0 saturated heterocycles. The fourth-order valence-corrected chi connectivity index (χ4v) is 1.16. The normalized spacial score (nSPS) is 12.6. The molecule has 0 aliphatic rings. The summed E-state index contributed by atoms with van der Waals surface area (Å²) >= 11 is 5.82. The molecule has 78 valence electrons. The molecule has 0 spiro atoms. The number of hydrogen-bond acceptors (Lipinski definition) is 4. The first kappa shape index (κ1) is 11.0. The maximum atomic E-state index is 11.4. The maximum absolute atomic E-state index is 11.4. The lowest BCUT2D eigenvalue weighted by Crippen LogP contribution is -2.28. The minimum atomic E-state index is -0.319. The van der Waals surface area contributed by atoms with E-state index in [1.165, 1.54) is 10.9 Å². The first-order chi connectivity index (χ1) is 6.56. The van der Waals surface area contributed by atoms with Gasteiger partial charge in [-0.3, -0.25) is 4.79 Å². The van der Waals surface area contributed by atoms with E-state index in [0.29, 0.717) is 12.2 Å². The van der Waals surface area contributed by atoms with Gasteiger partial charge in [0.25, 0.3) is 5.56 Å². The standard InChI is InChI=1S/C8H13ClN4O/c1-5(3-10)12-6-4-11-13(2)8(14)7(6)9/h4-5,12H,3,10H2,1-2H3. The van der Waals surface area contributed by atoms with Gasteiger partial charge in [-0.2, -0.15) is 5.10 Å². The van der Waals surface area contributed by atoms with Crippen molar-refractivity contribution in [2.45, 2.75) is 13.0 Å². The molecule has 1 rings (SSSR count). The lowest BCUT2D eigenvalue weighted by molar-refractivity contribution is 0.705. The zero-order valence-corrected chi connectivity index (χ0v) is 8.88. The molecule has 0 bridgehead atoms. The first-order valence-corrected chi connectivity index (χ1v) is 4.62. The van der Waals surface area contributed by atoms with Crippen molar-refractivity contribution in [1.29, 1.82) is 0 Å². The van der Waals surface area contributed by atoms with Crippen molar-refractivity contribution in [2.24, 2.45) is 12.8 Å². The molecule has 0 aliphatic carbocycles. The van der Waals surface area contributed by atoms with E-state index in [4.69, 9.17) is 17.3 Å². The topological polar surface area (TPSA) is 72.9 Å². The average molecular weight is 217 g/mol. The fraction of sp³-hybridized carbons (Fsp3) is 0.500. The van der Waals surface area contributed by atoms with Crippen LogP contribution in [-0.4, -0.2) is 22.4 Å². The quantitative estimate of drug-likeness (QED) is 0.757. The number of nitrogens with one attached hydrogen (secondary N) is 1. The van der Waals surface area contributed by atoms with Crippen LogP contribution in [0.15, 0.2) is 11.0 Å². The van der Waals surface area contributed by atoms with Gasteiger partial charge in [0.1, 0.15) is 5.02 Å². The van der Waals surface area contributed by atoms with Crippen LogP contribution < -0.4 is 16.6 Å². The van der Waals surface area contributed by atoms with Gasteiger partial charge in [0, 0.05) is 19.6 Å². The molecule has 1 unspecified atom stereocenters. The van der Waals surface area contributed by atoms with Gasteiger partial charge in [0.15, 0.2) is 0 Å². The van der Waals surface area contributed by atoms with Crippen LogP contribution in [0.1, 0.15) is 6.92 Å². The molecule has 0 aromatic carbocycles. The van der Waals surface area contributed by atoms with Crippen LogP contribution >= 0.6 is 11.6 Å². The van der Waals surface area contributed by atoms with Crippen LogP contribution in [0, 0.1) is 0 Å². The number of aryl methyl sites for hydroxylation is 1. The lowest BCUT2D eigenvalue weighted by Gasteiger charge is -2.13. The maximum Gasteiger partial charge on any atom is 0.287 e. The van der Waals surface area contributed by atoms with E-state index in [1.54, 1.807) is 7.05 Å². The zero-order valence-electron chi connectivity index (χ0n) is 8.12. The second kappa shape index (κ2) is 4.43. The van der Waals surface area contributed by atoms with Gasteiger partial charge in [-0.15, -0.1) is 0 Å². The summed E-state index contributed by atoms with van der Waals surface area (Å²) in [5.74, 6) is 0. The van der Waals surface area contributed by atoms with E-state index < -0.39 is 0 Å². The van der Waals surface area contributed by atoms with Gasteiger partial charge >= 0.3 is 0 Å². The summed E-state index contributed by atoms with van der Waals surface area (Å²) in [7, 11) is 1.55. The van der Waals surface area contributed by atoms with Crippen LogP contribution in [0.2, 0.25) is 5.02 Å². The molecule has 6 heteroatoms. The fourth-order valence-electron chi connectivity index (χ4n) is 0.936. The van der Waals surface area contributed by atoms with Crippen molar-refractivity contribution >= 4 is 17.3 Å². The molecule has 0 saturated carbocycles. The Morgan fingerprint density at radius 2 is 2.43 bits per heavy atom. The van der Waals surface area contributed by atoms with Crippen LogP contribution in [0.5, 0.6) is 0 Å². The zero-order chi connectivity index (χ0) is 10.7. The molecule has 0 aliphatic heterocycles. The molecular weight excluding hydrogens is 204 g/mol. The molecule has 0 fully saturated rings. The Morgan fingerprint density at radius 1 is 1.79 bits per heavy atom. The minimum absolute atomic E-state index is 0.0569. The lowest BCUT2D eigenvalue weighted by atomic mass is 10.3. The van der Waals surface area contributed by atoms with Gasteiger partial charge in [-0.05, 0) is 6.92 Å². The van der Waals surface area contributed by atoms with Crippen LogP contribution in [0.4, 0.5) is 5.69 Å². The second-order valence-electron chi connectivity index (χ2n) is 3.08. The number of halogens is 1. The summed E-state index contributed by atoms with van der Waals surface area (Å²) in [5, 5.41) is 6.98. The number of nitrogens with two attached hydrogens (primary N) is 1. The van der Waals surface area contributed by atoms with E-state index in [0.717, 1.165) is 0 Å². The summed E-state index contributed by atoms with van der Waals surface area (Å²) in [6.45, 7) is 2.36. The molecule has 0 radical (unpaired) electrons. The highest BCUT2D eigenvalue weighted by Crippen LogP contribution is 2.15. The Kier molecular flexibility index (Phi) is 3.49. The van der Waals surface area contributed by atoms with Gasteiger partial charge in [0.05, 0.1) is 11.9 Å². The third-order valence-electron chi connectivity index (χ3n) is 1.83. The third kappa shape index (κ3) is 2.24. The number of rotatable bonds is 3. The molecule has 3 N–H and O–H groups in total. The van der Waals surface area contributed by atoms with Gasteiger partial charge in [-0.1, -0.05) is 11.6 Å². The van der Waals surface area contributed by atoms with Crippen molar-refractivity contribution in [3.63, 3.8) is 0 Å². The Labute approximate surface area is 86.9 Å². The molecule has 1 aromatic heterocycles. The molecule has 1 heterocycles. The predicted octanol–water partition coefficient (Wildman–Crippen LogP) is 0.193. The van der Waals surface area contributed by atoms with Crippen molar-refractivity contribution in [1.82, 2.24) is 9.78 Å². The van der Waals surface area contributed by atoms with E-state index >= 15 is 0 Å². The Morgan fingerprint density at radius 3 is 3.00 bits per heavy atom. The van der Waals surface area contributed by atoms with E-state index in [2.05, 4.69) is 10.4 Å². The van der Waals surface area contributed by atoms with Crippen molar-refractivity contribution in [3.8, 4) is 0 Å². The van der Waals surface area contributed by atoms with Crippen LogP contribution in [0.3, 0.4) is 0 Å².